The third-order valence-electron chi connectivity index (χ3n) is 3.34. The van der Waals surface area contributed by atoms with Crippen LogP contribution in [0, 0.1) is 0 Å². The van der Waals surface area contributed by atoms with Crippen molar-refractivity contribution in [2.24, 2.45) is 0 Å². The lowest BCUT2D eigenvalue weighted by atomic mass is 10.2. The number of para-hydroxylation sites is 1. The highest BCUT2D eigenvalue weighted by molar-refractivity contribution is 7.90. The monoisotopic (exact) mass is 298 g/mol. The van der Waals surface area contributed by atoms with Crippen LogP contribution in [-0.4, -0.2) is 63.4 Å². The molecule has 0 radical (unpaired) electrons. The molecule has 110 valence electrons. The smallest absolute Gasteiger partial charge is 0.317 e. The van der Waals surface area contributed by atoms with Crippen LogP contribution in [0.4, 0.5) is 5.69 Å². The van der Waals surface area contributed by atoms with Crippen LogP contribution in [0.3, 0.4) is 0 Å². The number of carbonyl (C=O) groups is 1. The van der Waals surface area contributed by atoms with E-state index < -0.39 is 15.8 Å². The number of benzene rings is 1. The van der Waals surface area contributed by atoms with Crippen LogP contribution in [0.15, 0.2) is 29.2 Å². The van der Waals surface area contributed by atoms with E-state index in [4.69, 9.17) is 5.11 Å². The summed E-state index contributed by atoms with van der Waals surface area (Å²) >= 11 is 0. The molecule has 0 atom stereocenters. The number of carboxylic acid groups (broad SMARTS) is 1. The first-order valence-electron chi connectivity index (χ1n) is 6.36. The van der Waals surface area contributed by atoms with Gasteiger partial charge in [-0.15, -0.1) is 0 Å². The molecule has 0 saturated carbocycles. The summed E-state index contributed by atoms with van der Waals surface area (Å²) in [6.45, 7) is 2.51. The first-order chi connectivity index (χ1) is 9.38. The highest BCUT2D eigenvalue weighted by Gasteiger charge is 2.22. The number of anilines is 1. The molecule has 1 aromatic rings. The Morgan fingerprint density at radius 1 is 1.20 bits per heavy atom. The Kier molecular flexibility index (Phi) is 4.29. The summed E-state index contributed by atoms with van der Waals surface area (Å²) in [6, 6.07) is 6.92. The highest BCUT2D eigenvalue weighted by Crippen LogP contribution is 2.25. The van der Waals surface area contributed by atoms with Crippen LogP contribution >= 0.6 is 0 Å². The molecular formula is C13H18N2O4S. The number of sulfone groups is 1. The summed E-state index contributed by atoms with van der Waals surface area (Å²) in [5.74, 6) is -0.838. The molecule has 1 fully saturated rings. The maximum Gasteiger partial charge on any atom is 0.317 e. The second-order valence-corrected chi connectivity index (χ2v) is 6.88. The fraction of sp³-hybridized carbons (Fsp3) is 0.462. The number of nitrogens with zero attached hydrogens (tertiary/aromatic N) is 2. The van der Waals surface area contributed by atoms with Crippen molar-refractivity contribution in [1.29, 1.82) is 0 Å². The average molecular weight is 298 g/mol. The zero-order chi connectivity index (χ0) is 14.8. The summed E-state index contributed by atoms with van der Waals surface area (Å²) in [6.07, 6.45) is 1.20. The van der Waals surface area contributed by atoms with Gasteiger partial charge < -0.3 is 10.0 Å². The summed E-state index contributed by atoms with van der Waals surface area (Å²) in [5, 5.41) is 8.76. The minimum Gasteiger partial charge on any atom is -0.480 e. The van der Waals surface area contributed by atoms with Gasteiger partial charge in [-0.25, -0.2) is 8.42 Å². The van der Waals surface area contributed by atoms with E-state index in [0.29, 0.717) is 36.8 Å². The second kappa shape index (κ2) is 5.80. The van der Waals surface area contributed by atoms with E-state index in [1.54, 1.807) is 18.2 Å². The minimum atomic E-state index is -3.26. The Bertz CT molecular complexity index is 592. The predicted molar refractivity (Wildman–Crippen MR) is 75.8 cm³/mol. The van der Waals surface area contributed by atoms with Gasteiger partial charge in [0.05, 0.1) is 17.1 Å². The van der Waals surface area contributed by atoms with Gasteiger partial charge in [0.1, 0.15) is 0 Å². The van der Waals surface area contributed by atoms with Crippen molar-refractivity contribution in [1.82, 2.24) is 4.90 Å². The summed E-state index contributed by atoms with van der Waals surface area (Å²) in [4.78, 5) is 14.8. The lowest BCUT2D eigenvalue weighted by Gasteiger charge is -2.36. The quantitative estimate of drug-likeness (QED) is 0.861. The van der Waals surface area contributed by atoms with Crippen molar-refractivity contribution >= 4 is 21.5 Å². The highest BCUT2D eigenvalue weighted by atomic mass is 32.2. The standard InChI is InChI=1S/C13H18N2O4S/c1-20(18,19)12-5-3-2-4-11(12)15-8-6-14(7-9-15)10-13(16)17/h2-5H,6-10H2,1H3,(H,16,17). The van der Waals surface area contributed by atoms with E-state index in [0.717, 1.165) is 0 Å². The molecule has 6 nitrogen and oxygen atoms in total. The van der Waals surface area contributed by atoms with Gasteiger partial charge in [0.15, 0.2) is 9.84 Å². The van der Waals surface area contributed by atoms with E-state index in [-0.39, 0.29) is 6.54 Å². The summed E-state index contributed by atoms with van der Waals surface area (Å²) < 4.78 is 23.6. The Balaban J connectivity index is 2.14. The molecule has 1 heterocycles. The predicted octanol–water partition coefficient (Wildman–Crippen LogP) is 0.297. The number of rotatable bonds is 4. The maximum absolute atomic E-state index is 11.8. The number of aliphatic carboxylic acids is 1. The van der Waals surface area contributed by atoms with Gasteiger partial charge in [0, 0.05) is 32.4 Å². The van der Waals surface area contributed by atoms with Gasteiger partial charge in [-0.3, -0.25) is 9.69 Å². The zero-order valence-electron chi connectivity index (χ0n) is 11.3. The molecular weight excluding hydrogens is 280 g/mol. The van der Waals surface area contributed by atoms with Gasteiger partial charge in [0.25, 0.3) is 0 Å². The largest absolute Gasteiger partial charge is 0.480 e. The van der Waals surface area contributed by atoms with Crippen LogP contribution in [0.25, 0.3) is 0 Å². The van der Waals surface area contributed by atoms with Crippen molar-refractivity contribution in [3.8, 4) is 0 Å². The average Bonchev–Trinajstić information content (AvgIpc) is 2.38. The third-order valence-corrected chi connectivity index (χ3v) is 4.48. The Morgan fingerprint density at radius 2 is 1.80 bits per heavy atom. The lowest BCUT2D eigenvalue weighted by molar-refractivity contribution is -0.138. The molecule has 1 aliphatic rings. The van der Waals surface area contributed by atoms with Crippen LogP contribution in [0.5, 0.6) is 0 Å². The molecule has 7 heteroatoms. The molecule has 1 N–H and O–H groups in total. The van der Waals surface area contributed by atoms with Crippen LogP contribution < -0.4 is 4.90 Å². The molecule has 2 rings (SSSR count). The molecule has 20 heavy (non-hydrogen) atoms. The fourth-order valence-electron chi connectivity index (χ4n) is 2.37. The Hall–Kier alpha value is -1.60. The van der Waals surface area contributed by atoms with Crippen molar-refractivity contribution in [3.05, 3.63) is 24.3 Å². The van der Waals surface area contributed by atoms with E-state index in [9.17, 15) is 13.2 Å². The van der Waals surface area contributed by atoms with E-state index in [1.165, 1.54) is 6.26 Å². The minimum absolute atomic E-state index is 0.0293. The number of carboxylic acids is 1. The number of hydrogen-bond acceptors (Lipinski definition) is 5. The molecule has 0 aliphatic carbocycles. The Morgan fingerprint density at radius 3 is 2.35 bits per heavy atom. The maximum atomic E-state index is 11.8. The topological polar surface area (TPSA) is 77.9 Å². The molecule has 0 unspecified atom stereocenters. The van der Waals surface area contributed by atoms with E-state index in [2.05, 4.69) is 0 Å². The van der Waals surface area contributed by atoms with Crippen molar-refractivity contribution in [2.75, 3.05) is 43.9 Å². The third kappa shape index (κ3) is 3.49. The molecule has 1 saturated heterocycles. The fourth-order valence-corrected chi connectivity index (χ4v) is 3.27. The second-order valence-electron chi connectivity index (χ2n) is 4.90. The molecule has 1 aromatic carbocycles. The number of hydrogen-bond donors (Lipinski definition) is 1. The molecule has 0 aromatic heterocycles. The normalized spacial score (nSPS) is 17.1. The van der Waals surface area contributed by atoms with Crippen molar-refractivity contribution < 1.29 is 18.3 Å². The number of piperazine rings is 1. The van der Waals surface area contributed by atoms with E-state index in [1.807, 2.05) is 15.9 Å². The zero-order valence-corrected chi connectivity index (χ0v) is 12.1. The van der Waals surface area contributed by atoms with Gasteiger partial charge in [0.2, 0.25) is 0 Å². The first-order valence-corrected chi connectivity index (χ1v) is 8.25. The molecule has 1 aliphatic heterocycles. The Labute approximate surface area is 118 Å². The SMILES string of the molecule is CS(=O)(=O)c1ccccc1N1CCN(CC(=O)O)CC1. The van der Waals surface area contributed by atoms with Crippen LogP contribution in [0.1, 0.15) is 0 Å². The summed E-state index contributed by atoms with van der Waals surface area (Å²) in [7, 11) is -3.26. The van der Waals surface area contributed by atoms with Crippen molar-refractivity contribution in [3.63, 3.8) is 0 Å². The summed E-state index contributed by atoms with van der Waals surface area (Å²) in [5.41, 5.74) is 0.699. The van der Waals surface area contributed by atoms with Crippen LogP contribution in [-0.2, 0) is 14.6 Å². The van der Waals surface area contributed by atoms with Crippen LogP contribution in [0.2, 0.25) is 0 Å². The molecule has 0 spiro atoms. The first kappa shape index (κ1) is 14.8. The van der Waals surface area contributed by atoms with Crippen molar-refractivity contribution in [2.45, 2.75) is 4.90 Å². The van der Waals surface area contributed by atoms with Gasteiger partial charge in [-0.2, -0.15) is 0 Å². The van der Waals surface area contributed by atoms with Gasteiger partial charge in [-0.05, 0) is 12.1 Å². The van der Waals surface area contributed by atoms with Gasteiger partial charge in [-0.1, -0.05) is 12.1 Å². The van der Waals surface area contributed by atoms with E-state index >= 15 is 0 Å². The molecule has 0 bridgehead atoms. The van der Waals surface area contributed by atoms with Gasteiger partial charge >= 0.3 is 5.97 Å². The molecule has 0 amide bonds. The lowest BCUT2D eigenvalue weighted by Crippen LogP contribution is -2.48.